The van der Waals surface area contributed by atoms with E-state index in [0.717, 1.165) is 0 Å². The predicted molar refractivity (Wildman–Crippen MR) is 99.0 cm³/mol. The second kappa shape index (κ2) is 12.0. The van der Waals surface area contributed by atoms with E-state index in [2.05, 4.69) is 23.6 Å². The van der Waals surface area contributed by atoms with Crippen molar-refractivity contribution in [2.24, 2.45) is 5.73 Å². The van der Waals surface area contributed by atoms with E-state index in [1.807, 2.05) is 0 Å². The molecule has 0 spiro atoms. The first kappa shape index (κ1) is 24.5. The number of rotatable bonds is 8. The molecule has 26 heavy (non-hydrogen) atoms. The zero-order valence-corrected chi connectivity index (χ0v) is 16.0. The van der Waals surface area contributed by atoms with Crippen LogP contribution < -0.4 is 11.3 Å². The normalized spacial score (nSPS) is 13.9. The van der Waals surface area contributed by atoms with Gasteiger partial charge in [0.2, 0.25) is 0 Å². The fourth-order valence-electron chi connectivity index (χ4n) is 1.87. The van der Waals surface area contributed by atoms with Crippen LogP contribution in [0, 0.1) is 4.77 Å². The number of aliphatic hydroxyl groups is 2. The zero-order chi connectivity index (χ0) is 20.3. The van der Waals surface area contributed by atoms with Crippen LogP contribution in [0.4, 0.5) is 0 Å². The summed E-state index contributed by atoms with van der Waals surface area (Å²) in [6.45, 7) is 3.54. The van der Waals surface area contributed by atoms with Crippen LogP contribution in [0.2, 0.25) is 0 Å². The molecule has 11 heteroatoms. The number of nitrogens with one attached hydrogen (secondary N) is 1. The molecule has 1 rings (SSSR count). The van der Waals surface area contributed by atoms with E-state index >= 15 is 0 Å². The molecule has 0 bridgehead atoms. The predicted octanol–water partition coefficient (Wildman–Crippen LogP) is -0.464. The van der Waals surface area contributed by atoms with E-state index < -0.39 is 36.5 Å². The second-order valence-corrected chi connectivity index (χ2v) is 5.80. The third-order valence-corrected chi connectivity index (χ3v) is 3.41. The van der Waals surface area contributed by atoms with Gasteiger partial charge in [-0.2, -0.15) is 0 Å². The highest BCUT2D eigenvalue weighted by Gasteiger charge is 2.34. The average Bonchev–Trinajstić information content (AvgIpc) is 2.57. The maximum Gasteiger partial charge on any atom is 0.321 e. The Morgan fingerprint density at radius 1 is 1.54 bits per heavy atom. The van der Waals surface area contributed by atoms with Gasteiger partial charge in [-0.05, 0) is 18.6 Å². The Hall–Kier alpha value is -1.53. The lowest BCUT2D eigenvalue weighted by molar-refractivity contribution is -0.210. The summed E-state index contributed by atoms with van der Waals surface area (Å²) in [6, 6.07) is 0. The van der Waals surface area contributed by atoms with Crippen LogP contribution in [0.15, 0.2) is 11.0 Å². The molecule has 0 aliphatic carbocycles. The van der Waals surface area contributed by atoms with Crippen molar-refractivity contribution in [3.63, 3.8) is 0 Å². The molecule has 146 valence electrons. The molecule has 0 fully saturated rings. The zero-order valence-electron chi connectivity index (χ0n) is 15.2. The maximum absolute atomic E-state index is 11.5. The van der Waals surface area contributed by atoms with Crippen molar-refractivity contribution in [2.45, 2.75) is 51.6 Å². The van der Waals surface area contributed by atoms with Gasteiger partial charge in [-0.15, -0.1) is 0 Å². The van der Waals surface area contributed by atoms with Crippen LogP contribution in [0.5, 0.6) is 0 Å². The number of aromatic amines is 1. The fourth-order valence-corrected chi connectivity index (χ4v) is 2.11. The first-order chi connectivity index (χ1) is 12.2. The summed E-state index contributed by atoms with van der Waals surface area (Å²) in [5, 5.41) is 19.1. The van der Waals surface area contributed by atoms with E-state index in [4.69, 9.17) is 35.6 Å². The molecule has 0 aliphatic rings. The van der Waals surface area contributed by atoms with Crippen LogP contribution in [0.3, 0.4) is 0 Å². The van der Waals surface area contributed by atoms with Gasteiger partial charge in [-0.3, -0.25) is 14.6 Å². The van der Waals surface area contributed by atoms with Crippen molar-refractivity contribution in [3.8, 4) is 0 Å². The number of nitrogens with zero attached hydrogens (tertiary/aromatic N) is 1. The number of hydrogen-bond acceptors (Lipinski definition) is 8. The van der Waals surface area contributed by atoms with Crippen molar-refractivity contribution in [1.29, 1.82) is 0 Å². The molecule has 1 aromatic rings. The number of ether oxygens (including phenoxy) is 2. The molecular formula is C15H26BN3O6S. The van der Waals surface area contributed by atoms with Crippen LogP contribution >= 0.6 is 12.2 Å². The molecule has 1 aromatic heterocycles. The molecular weight excluding hydrogens is 361 g/mol. The SMILES string of the molecule is CCC.[B]C(O)(OC(=O)CN)C(CCn1cc(CO)c(=O)[nH]c1=S)OC. The van der Waals surface area contributed by atoms with Gasteiger partial charge in [0.15, 0.2) is 18.3 Å². The van der Waals surface area contributed by atoms with Crippen molar-refractivity contribution in [2.75, 3.05) is 13.7 Å². The summed E-state index contributed by atoms with van der Waals surface area (Å²) in [5.41, 5.74) is 2.38. The smallest absolute Gasteiger partial charge is 0.321 e. The Kier molecular flexibility index (Phi) is 11.3. The molecule has 0 aromatic carbocycles. The maximum atomic E-state index is 11.5. The van der Waals surface area contributed by atoms with Crippen LogP contribution in [0.1, 0.15) is 32.3 Å². The fraction of sp³-hybridized carbons (Fsp3) is 0.667. The highest BCUT2D eigenvalue weighted by molar-refractivity contribution is 7.71. The van der Waals surface area contributed by atoms with E-state index in [1.165, 1.54) is 24.3 Å². The molecule has 2 radical (unpaired) electrons. The summed E-state index contributed by atoms with van der Waals surface area (Å²) in [7, 11) is 6.81. The number of carbonyl (C=O) groups is 1. The number of methoxy groups -OCH3 is 1. The topological polar surface area (TPSA) is 140 Å². The molecule has 0 saturated carbocycles. The van der Waals surface area contributed by atoms with Crippen molar-refractivity contribution >= 4 is 26.0 Å². The number of nitrogens with two attached hydrogens (primary N) is 1. The molecule has 9 nitrogen and oxygen atoms in total. The van der Waals surface area contributed by atoms with E-state index in [-0.39, 0.29) is 23.3 Å². The summed E-state index contributed by atoms with van der Waals surface area (Å²) < 4.78 is 11.3. The average molecular weight is 387 g/mol. The number of H-pyrrole nitrogens is 1. The lowest BCUT2D eigenvalue weighted by Gasteiger charge is -2.32. The number of carbonyl (C=O) groups excluding carboxylic acids is 1. The van der Waals surface area contributed by atoms with Gasteiger partial charge in [-0.25, -0.2) is 0 Å². The first-order valence-corrected chi connectivity index (χ1v) is 8.46. The molecule has 0 saturated heterocycles. The van der Waals surface area contributed by atoms with Crippen molar-refractivity contribution in [3.05, 3.63) is 26.9 Å². The van der Waals surface area contributed by atoms with E-state index in [1.54, 1.807) is 0 Å². The third-order valence-electron chi connectivity index (χ3n) is 3.08. The monoisotopic (exact) mass is 387 g/mol. The Bertz CT molecular complexity index is 676. The summed E-state index contributed by atoms with van der Waals surface area (Å²) >= 11 is 5.01. The van der Waals surface area contributed by atoms with Gasteiger partial charge >= 0.3 is 5.97 Å². The van der Waals surface area contributed by atoms with Crippen LogP contribution in [0.25, 0.3) is 0 Å². The molecule has 0 amide bonds. The lowest BCUT2D eigenvalue weighted by atomic mass is 9.87. The van der Waals surface area contributed by atoms with Gasteiger partial charge in [0.1, 0.15) is 6.10 Å². The molecule has 1 heterocycles. The second-order valence-electron chi connectivity index (χ2n) is 5.42. The third kappa shape index (κ3) is 7.79. The number of hydrogen-bond donors (Lipinski definition) is 4. The standard InChI is InChI=1S/C12H18BN3O6S.C3H8/c1-21-8(12(13,20)22-9(18)4-14)2-3-16-5-7(6-17)10(19)15-11(16)23;1-3-2/h5,8,17,20H,2-4,6,14H2,1H3,(H,15,19,23);3H2,1-2H3. The minimum atomic E-state index is -2.37. The van der Waals surface area contributed by atoms with Gasteiger partial charge in [0, 0.05) is 19.9 Å². The Morgan fingerprint density at radius 2 is 2.12 bits per heavy atom. The minimum Gasteiger partial charge on any atom is -0.440 e. The Labute approximate surface area is 158 Å². The summed E-state index contributed by atoms with van der Waals surface area (Å²) in [4.78, 5) is 25.1. The van der Waals surface area contributed by atoms with Gasteiger partial charge in [-0.1, -0.05) is 20.3 Å². The van der Waals surface area contributed by atoms with Gasteiger partial charge in [0.25, 0.3) is 5.56 Å². The van der Waals surface area contributed by atoms with E-state index in [0.29, 0.717) is 0 Å². The van der Waals surface area contributed by atoms with Crippen LogP contribution in [-0.4, -0.2) is 59.0 Å². The largest absolute Gasteiger partial charge is 0.440 e. The highest BCUT2D eigenvalue weighted by Crippen LogP contribution is 2.16. The lowest BCUT2D eigenvalue weighted by Crippen LogP contribution is -2.49. The highest BCUT2D eigenvalue weighted by atomic mass is 32.1. The number of aliphatic hydroxyl groups excluding tert-OH is 1. The Morgan fingerprint density at radius 3 is 2.58 bits per heavy atom. The van der Waals surface area contributed by atoms with Crippen molar-refractivity contribution in [1.82, 2.24) is 9.55 Å². The minimum absolute atomic E-state index is 0.104. The number of aromatic nitrogens is 2. The first-order valence-electron chi connectivity index (χ1n) is 8.06. The molecule has 5 N–H and O–H groups in total. The van der Waals surface area contributed by atoms with Gasteiger partial charge in [0.05, 0.1) is 18.7 Å². The number of aryl methyl sites for hydroxylation is 1. The molecule has 2 unspecified atom stereocenters. The summed E-state index contributed by atoms with van der Waals surface area (Å²) in [6.07, 6.45) is 1.67. The van der Waals surface area contributed by atoms with Gasteiger partial charge < -0.3 is 30.0 Å². The molecule has 2 atom stereocenters. The Balaban J connectivity index is 0.00000194. The quantitative estimate of drug-likeness (QED) is 0.203. The van der Waals surface area contributed by atoms with Crippen LogP contribution in [-0.2, 0) is 27.4 Å². The van der Waals surface area contributed by atoms with E-state index in [9.17, 15) is 14.7 Å². The number of esters is 1. The summed E-state index contributed by atoms with van der Waals surface area (Å²) in [5.74, 6) is -0.889. The van der Waals surface area contributed by atoms with Crippen molar-refractivity contribution < 1.29 is 24.5 Å². The molecule has 0 aliphatic heterocycles.